The van der Waals surface area contributed by atoms with E-state index in [0.717, 1.165) is 59.5 Å². The number of fused-ring (bicyclic) bond motifs is 1. The number of carbonyl (C=O) groups excluding carboxylic acids is 1. The summed E-state index contributed by atoms with van der Waals surface area (Å²) in [5.41, 5.74) is 4.86. The van der Waals surface area contributed by atoms with E-state index < -0.39 is 0 Å². The fourth-order valence-corrected chi connectivity index (χ4v) is 4.26. The van der Waals surface area contributed by atoms with Crippen LogP contribution in [0.3, 0.4) is 0 Å². The highest BCUT2D eigenvalue weighted by Crippen LogP contribution is 2.38. The molecule has 174 valence electrons. The Hall–Kier alpha value is -3.98. The summed E-state index contributed by atoms with van der Waals surface area (Å²) in [7, 11) is 3.22. The molecule has 9 nitrogen and oxygen atoms in total. The second-order valence-corrected chi connectivity index (χ2v) is 8.19. The Balaban J connectivity index is 1.53. The van der Waals surface area contributed by atoms with Gasteiger partial charge in [-0.05, 0) is 50.2 Å². The number of rotatable bonds is 7. The third-order valence-electron chi connectivity index (χ3n) is 5.95. The Morgan fingerprint density at radius 2 is 1.82 bits per heavy atom. The number of aromatic amines is 1. The molecular weight excluding hydrogens is 432 g/mol. The summed E-state index contributed by atoms with van der Waals surface area (Å²) in [5, 5.41) is 2.93. The third kappa shape index (κ3) is 4.42. The van der Waals surface area contributed by atoms with E-state index in [1.807, 2.05) is 30.3 Å². The molecule has 1 saturated heterocycles. The minimum atomic E-state index is -0.0633. The molecule has 0 spiro atoms. The van der Waals surface area contributed by atoms with Crippen LogP contribution in [0.2, 0.25) is 0 Å². The largest absolute Gasteiger partial charge is 0.495 e. The summed E-state index contributed by atoms with van der Waals surface area (Å²) in [4.78, 5) is 31.7. The van der Waals surface area contributed by atoms with Crippen molar-refractivity contribution in [2.75, 3.05) is 39.2 Å². The van der Waals surface area contributed by atoms with Crippen LogP contribution in [0, 0.1) is 0 Å². The van der Waals surface area contributed by atoms with Gasteiger partial charge in [-0.25, -0.2) is 4.98 Å². The van der Waals surface area contributed by atoms with Crippen molar-refractivity contribution in [3.05, 3.63) is 48.9 Å². The molecule has 1 aliphatic rings. The Bertz CT molecular complexity index is 1310. The van der Waals surface area contributed by atoms with Crippen molar-refractivity contribution < 1.29 is 14.3 Å². The Labute approximate surface area is 197 Å². The molecule has 0 bridgehead atoms. The van der Waals surface area contributed by atoms with Gasteiger partial charge in [-0.15, -0.1) is 0 Å². The summed E-state index contributed by atoms with van der Waals surface area (Å²) < 4.78 is 10.6. The quantitative estimate of drug-likeness (QED) is 0.435. The van der Waals surface area contributed by atoms with Crippen LogP contribution in [0.1, 0.15) is 12.8 Å². The highest BCUT2D eigenvalue weighted by Gasteiger charge is 2.20. The van der Waals surface area contributed by atoms with Crippen molar-refractivity contribution in [2.45, 2.75) is 12.8 Å². The molecule has 5 rings (SSSR count). The monoisotopic (exact) mass is 458 g/mol. The molecule has 4 aromatic heterocycles. The minimum absolute atomic E-state index is 0.0633. The fraction of sp³-hybridized carbons (Fsp3) is 0.280. The number of amides is 1. The molecule has 9 heteroatoms. The van der Waals surface area contributed by atoms with E-state index in [1.54, 1.807) is 32.8 Å². The number of methoxy groups -OCH3 is 2. The van der Waals surface area contributed by atoms with E-state index in [9.17, 15) is 4.79 Å². The molecule has 5 heterocycles. The first-order valence-corrected chi connectivity index (χ1v) is 11.2. The predicted molar refractivity (Wildman–Crippen MR) is 130 cm³/mol. The first kappa shape index (κ1) is 21.8. The molecule has 4 aromatic rings. The molecule has 1 amide bonds. The second-order valence-electron chi connectivity index (χ2n) is 8.19. The first-order valence-electron chi connectivity index (χ1n) is 11.2. The number of hydrogen-bond acceptors (Lipinski definition) is 7. The van der Waals surface area contributed by atoms with Gasteiger partial charge in [0, 0.05) is 17.8 Å². The molecule has 0 aliphatic carbocycles. The highest BCUT2D eigenvalue weighted by molar-refractivity contribution is 6.01. The van der Waals surface area contributed by atoms with Crippen LogP contribution in [0.4, 0.5) is 5.82 Å². The van der Waals surface area contributed by atoms with Gasteiger partial charge in [-0.2, -0.15) is 0 Å². The van der Waals surface area contributed by atoms with Crippen LogP contribution in [-0.4, -0.2) is 64.6 Å². The minimum Gasteiger partial charge on any atom is -0.495 e. The zero-order chi connectivity index (χ0) is 23.5. The van der Waals surface area contributed by atoms with Gasteiger partial charge >= 0.3 is 0 Å². The van der Waals surface area contributed by atoms with Crippen molar-refractivity contribution in [1.82, 2.24) is 24.8 Å². The smallest absolute Gasteiger partial charge is 0.239 e. The van der Waals surface area contributed by atoms with Crippen LogP contribution < -0.4 is 14.8 Å². The molecule has 0 saturated carbocycles. The van der Waals surface area contributed by atoms with Crippen molar-refractivity contribution in [3.8, 4) is 34.0 Å². The number of aromatic nitrogens is 4. The lowest BCUT2D eigenvalue weighted by atomic mass is 10.0. The van der Waals surface area contributed by atoms with E-state index in [0.29, 0.717) is 23.9 Å². The van der Waals surface area contributed by atoms with E-state index in [4.69, 9.17) is 9.47 Å². The lowest BCUT2D eigenvalue weighted by Gasteiger charge is -2.14. The molecule has 0 unspecified atom stereocenters. The fourth-order valence-electron chi connectivity index (χ4n) is 4.26. The molecule has 0 radical (unpaired) electrons. The topological polar surface area (TPSA) is 105 Å². The van der Waals surface area contributed by atoms with Crippen molar-refractivity contribution in [1.29, 1.82) is 0 Å². The van der Waals surface area contributed by atoms with Crippen LogP contribution in [0.15, 0.2) is 48.9 Å². The lowest BCUT2D eigenvalue weighted by Crippen LogP contribution is -2.31. The molecule has 0 atom stereocenters. The number of anilines is 1. The van der Waals surface area contributed by atoms with Crippen LogP contribution in [0.25, 0.3) is 33.5 Å². The number of ether oxygens (including phenoxy) is 2. The molecule has 34 heavy (non-hydrogen) atoms. The summed E-state index contributed by atoms with van der Waals surface area (Å²) in [6.07, 6.45) is 7.33. The maximum atomic E-state index is 12.5. The third-order valence-corrected chi connectivity index (χ3v) is 5.95. The van der Waals surface area contributed by atoms with E-state index in [1.165, 1.54) is 0 Å². The standard InChI is InChI=1S/C25H26N6O3/c1-33-17-5-6-19(27-13-17)23-24(29-20-12-18(34-2)14-28-25(20)23)16-7-8-26-21(11-16)30-22(32)15-31-9-3-4-10-31/h5-8,11-14,29H,3-4,9-10,15H2,1-2H3,(H,26,30,32). The van der Waals surface area contributed by atoms with Crippen LogP contribution in [0.5, 0.6) is 11.5 Å². The van der Waals surface area contributed by atoms with Crippen LogP contribution in [-0.2, 0) is 4.79 Å². The van der Waals surface area contributed by atoms with Gasteiger partial charge in [0.15, 0.2) is 0 Å². The summed E-state index contributed by atoms with van der Waals surface area (Å²) in [5.74, 6) is 1.76. The average molecular weight is 459 g/mol. The van der Waals surface area contributed by atoms with Crippen molar-refractivity contribution in [2.24, 2.45) is 0 Å². The summed E-state index contributed by atoms with van der Waals surface area (Å²) >= 11 is 0. The van der Waals surface area contributed by atoms with Gasteiger partial charge in [0.25, 0.3) is 0 Å². The van der Waals surface area contributed by atoms with Crippen molar-refractivity contribution in [3.63, 3.8) is 0 Å². The van der Waals surface area contributed by atoms with E-state index >= 15 is 0 Å². The molecular formula is C25H26N6O3. The average Bonchev–Trinajstić information content (AvgIpc) is 3.51. The summed E-state index contributed by atoms with van der Waals surface area (Å²) in [6, 6.07) is 9.42. The number of nitrogens with zero attached hydrogens (tertiary/aromatic N) is 4. The Morgan fingerprint density at radius 1 is 1.03 bits per heavy atom. The number of likely N-dealkylation sites (tertiary alicyclic amines) is 1. The summed E-state index contributed by atoms with van der Waals surface area (Å²) in [6.45, 7) is 2.30. The lowest BCUT2D eigenvalue weighted by molar-refractivity contribution is -0.117. The second kappa shape index (κ2) is 9.48. The number of hydrogen-bond donors (Lipinski definition) is 2. The number of nitrogens with one attached hydrogen (secondary N) is 2. The Morgan fingerprint density at radius 3 is 2.56 bits per heavy atom. The number of pyridine rings is 3. The zero-order valence-electron chi connectivity index (χ0n) is 19.2. The van der Waals surface area contributed by atoms with Gasteiger partial charge < -0.3 is 19.8 Å². The Kier molecular flexibility index (Phi) is 6.09. The number of carbonyl (C=O) groups is 1. The molecule has 1 aliphatic heterocycles. The van der Waals surface area contributed by atoms with Gasteiger partial charge in [0.1, 0.15) is 17.3 Å². The van der Waals surface area contributed by atoms with Gasteiger partial charge in [0.2, 0.25) is 5.91 Å². The first-order chi connectivity index (χ1) is 16.6. The normalized spacial score (nSPS) is 13.8. The maximum absolute atomic E-state index is 12.5. The van der Waals surface area contributed by atoms with Gasteiger partial charge in [-0.3, -0.25) is 19.7 Å². The van der Waals surface area contributed by atoms with E-state index in [2.05, 4.69) is 30.2 Å². The molecule has 2 N–H and O–H groups in total. The van der Waals surface area contributed by atoms with Gasteiger partial charge in [0.05, 0.1) is 61.1 Å². The van der Waals surface area contributed by atoms with Crippen LogP contribution >= 0.6 is 0 Å². The van der Waals surface area contributed by atoms with E-state index in [-0.39, 0.29) is 5.91 Å². The van der Waals surface area contributed by atoms with Crippen molar-refractivity contribution >= 4 is 22.8 Å². The zero-order valence-corrected chi connectivity index (χ0v) is 19.2. The molecule has 1 fully saturated rings. The molecule has 0 aromatic carbocycles. The highest BCUT2D eigenvalue weighted by atomic mass is 16.5. The maximum Gasteiger partial charge on any atom is 0.239 e. The van der Waals surface area contributed by atoms with Gasteiger partial charge in [-0.1, -0.05) is 0 Å². The SMILES string of the molecule is COc1ccc(-c2c(-c3ccnc(NC(=O)CN4CCCC4)c3)[nH]c3cc(OC)cnc23)nc1. The predicted octanol–water partition coefficient (Wildman–Crippen LogP) is 3.74. The number of H-pyrrole nitrogens is 1.